The lowest BCUT2D eigenvalue weighted by molar-refractivity contribution is -0.122. The number of carbonyl (C=O) groups is 4. The van der Waals surface area contributed by atoms with E-state index >= 15 is 0 Å². The maximum atomic E-state index is 13.1. The molecule has 0 atom stereocenters. The molecule has 1 heterocycles. The minimum Gasteiger partial charge on any atom is -0.493 e. The molecule has 0 aliphatic carbocycles. The zero-order valence-electron chi connectivity index (χ0n) is 20.8. The van der Waals surface area contributed by atoms with Crippen molar-refractivity contribution in [3.05, 3.63) is 87.4 Å². The normalized spacial score (nSPS) is 14.4. The summed E-state index contributed by atoms with van der Waals surface area (Å²) >= 11 is 3.31. The van der Waals surface area contributed by atoms with Gasteiger partial charge in [0.15, 0.2) is 18.1 Å². The molecular formula is C28H24BrN3O6. The average Bonchev–Trinajstić information content (AvgIpc) is 2.88. The van der Waals surface area contributed by atoms with Gasteiger partial charge in [0, 0.05) is 10.2 Å². The third-order valence-corrected chi connectivity index (χ3v) is 6.36. The van der Waals surface area contributed by atoms with Crippen LogP contribution in [0.3, 0.4) is 0 Å². The Morgan fingerprint density at radius 2 is 1.71 bits per heavy atom. The molecule has 0 saturated carbocycles. The number of barbiturate groups is 1. The first-order valence-electron chi connectivity index (χ1n) is 11.5. The van der Waals surface area contributed by atoms with Gasteiger partial charge in [-0.2, -0.15) is 0 Å². The van der Waals surface area contributed by atoms with Gasteiger partial charge in [-0.1, -0.05) is 28.1 Å². The van der Waals surface area contributed by atoms with Crippen molar-refractivity contribution in [1.29, 1.82) is 0 Å². The number of amides is 5. The molecule has 1 saturated heterocycles. The molecule has 194 valence electrons. The van der Waals surface area contributed by atoms with Gasteiger partial charge < -0.3 is 14.8 Å². The molecule has 38 heavy (non-hydrogen) atoms. The van der Waals surface area contributed by atoms with Crippen molar-refractivity contribution in [3.8, 4) is 11.5 Å². The van der Waals surface area contributed by atoms with E-state index in [0.29, 0.717) is 28.4 Å². The van der Waals surface area contributed by atoms with Crippen LogP contribution in [0.1, 0.15) is 16.7 Å². The summed E-state index contributed by atoms with van der Waals surface area (Å²) in [5.74, 6) is -1.32. The van der Waals surface area contributed by atoms with Gasteiger partial charge in [0.25, 0.3) is 17.7 Å². The van der Waals surface area contributed by atoms with E-state index in [2.05, 4.69) is 26.6 Å². The predicted octanol–water partition coefficient (Wildman–Crippen LogP) is 4.76. The molecule has 3 aromatic rings. The number of nitrogens with zero attached hydrogens (tertiary/aromatic N) is 1. The van der Waals surface area contributed by atoms with Crippen molar-refractivity contribution in [2.24, 2.45) is 0 Å². The van der Waals surface area contributed by atoms with Gasteiger partial charge in [-0.05, 0) is 85.1 Å². The summed E-state index contributed by atoms with van der Waals surface area (Å²) in [6.07, 6.45) is 1.36. The summed E-state index contributed by atoms with van der Waals surface area (Å²) in [5.41, 5.74) is 3.40. The summed E-state index contributed by atoms with van der Waals surface area (Å²) in [5, 5.41) is 4.98. The number of rotatable bonds is 7. The number of anilines is 2. The predicted molar refractivity (Wildman–Crippen MR) is 146 cm³/mol. The molecule has 3 aromatic carbocycles. The van der Waals surface area contributed by atoms with Crippen molar-refractivity contribution in [1.82, 2.24) is 5.32 Å². The van der Waals surface area contributed by atoms with Crippen LogP contribution in [0.25, 0.3) is 6.08 Å². The Morgan fingerprint density at radius 1 is 0.974 bits per heavy atom. The van der Waals surface area contributed by atoms with Crippen LogP contribution in [0, 0.1) is 13.8 Å². The molecule has 9 nitrogen and oxygen atoms in total. The second-order valence-electron chi connectivity index (χ2n) is 8.48. The lowest BCUT2D eigenvalue weighted by atomic mass is 10.1. The van der Waals surface area contributed by atoms with Crippen molar-refractivity contribution < 1.29 is 28.7 Å². The number of hydrogen-bond acceptors (Lipinski definition) is 6. The lowest BCUT2D eigenvalue weighted by Crippen LogP contribution is -2.54. The Labute approximate surface area is 227 Å². The van der Waals surface area contributed by atoms with Gasteiger partial charge in [-0.25, -0.2) is 9.69 Å². The molecule has 1 aliphatic rings. The van der Waals surface area contributed by atoms with Gasteiger partial charge in [0.05, 0.1) is 12.8 Å². The van der Waals surface area contributed by atoms with Crippen molar-refractivity contribution in [2.75, 3.05) is 23.9 Å². The number of halogens is 1. The fourth-order valence-corrected chi connectivity index (χ4v) is 3.97. The number of benzene rings is 3. The van der Waals surface area contributed by atoms with Crippen molar-refractivity contribution in [2.45, 2.75) is 13.8 Å². The van der Waals surface area contributed by atoms with Crippen LogP contribution in [-0.4, -0.2) is 37.5 Å². The van der Waals surface area contributed by atoms with Gasteiger partial charge in [-0.3, -0.25) is 19.7 Å². The second kappa shape index (κ2) is 11.3. The molecule has 0 spiro atoms. The first-order chi connectivity index (χ1) is 18.2. The monoisotopic (exact) mass is 577 g/mol. The van der Waals surface area contributed by atoms with Crippen LogP contribution < -0.4 is 25.0 Å². The van der Waals surface area contributed by atoms with Crippen LogP contribution in [0.2, 0.25) is 0 Å². The number of methoxy groups -OCH3 is 1. The van der Waals surface area contributed by atoms with Crippen LogP contribution in [-0.2, 0) is 14.4 Å². The fraction of sp³-hybridized carbons (Fsp3) is 0.143. The maximum Gasteiger partial charge on any atom is 0.335 e. The van der Waals surface area contributed by atoms with E-state index in [-0.39, 0.29) is 18.1 Å². The third kappa shape index (κ3) is 5.92. The average molecular weight is 578 g/mol. The summed E-state index contributed by atoms with van der Waals surface area (Å²) in [4.78, 5) is 51.2. The zero-order chi connectivity index (χ0) is 27.4. The molecule has 1 aliphatic heterocycles. The Hall–Kier alpha value is -4.44. The minimum absolute atomic E-state index is 0.226. The largest absolute Gasteiger partial charge is 0.493 e. The number of hydrogen-bond donors (Lipinski definition) is 2. The molecule has 5 amide bonds. The lowest BCUT2D eigenvalue weighted by Gasteiger charge is -2.26. The second-order valence-corrected chi connectivity index (χ2v) is 9.40. The Kier molecular flexibility index (Phi) is 7.92. The van der Waals surface area contributed by atoms with Gasteiger partial charge in [0.2, 0.25) is 0 Å². The standard InChI is InChI=1S/C28H24BrN3O6/c1-16-4-8-20(12-17(16)2)30-25(33)15-38-23-11-5-18(14-24(23)37-3)13-22-26(34)31-28(36)32(27(22)35)21-9-6-19(29)7-10-21/h4-14H,15H2,1-3H3,(H,30,33)(H,31,34,36)/b22-13+. The minimum atomic E-state index is -0.833. The number of carbonyl (C=O) groups excluding carboxylic acids is 4. The summed E-state index contributed by atoms with van der Waals surface area (Å²) in [6, 6.07) is 16.0. The first-order valence-corrected chi connectivity index (χ1v) is 12.3. The van der Waals surface area contributed by atoms with Crippen LogP contribution in [0.5, 0.6) is 11.5 Å². The number of urea groups is 1. The fourth-order valence-electron chi connectivity index (χ4n) is 3.70. The molecule has 4 rings (SSSR count). The molecule has 0 radical (unpaired) electrons. The molecule has 2 N–H and O–H groups in total. The number of nitrogens with one attached hydrogen (secondary N) is 2. The Morgan fingerprint density at radius 3 is 2.39 bits per heavy atom. The Bertz CT molecular complexity index is 1470. The summed E-state index contributed by atoms with van der Waals surface area (Å²) in [6.45, 7) is 3.70. The number of imide groups is 2. The van der Waals surface area contributed by atoms with E-state index < -0.39 is 17.8 Å². The third-order valence-electron chi connectivity index (χ3n) is 5.83. The molecule has 0 unspecified atom stereocenters. The molecule has 0 aromatic heterocycles. The van der Waals surface area contributed by atoms with E-state index in [1.807, 2.05) is 32.0 Å². The van der Waals surface area contributed by atoms with Crippen LogP contribution in [0.4, 0.5) is 16.2 Å². The molecular weight excluding hydrogens is 554 g/mol. The van der Waals surface area contributed by atoms with Crippen LogP contribution >= 0.6 is 15.9 Å². The molecule has 0 bridgehead atoms. The highest BCUT2D eigenvalue weighted by molar-refractivity contribution is 9.10. The van der Waals surface area contributed by atoms with E-state index in [1.54, 1.807) is 42.5 Å². The van der Waals surface area contributed by atoms with Crippen LogP contribution in [0.15, 0.2) is 70.7 Å². The molecule has 1 fully saturated rings. The quantitative estimate of drug-likeness (QED) is 0.309. The maximum absolute atomic E-state index is 13.1. The van der Waals surface area contributed by atoms with Gasteiger partial charge >= 0.3 is 6.03 Å². The Balaban J connectivity index is 1.50. The van der Waals surface area contributed by atoms with Crippen molar-refractivity contribution >= 4 is 57.1 Å². The van der Waals surface area contributed by atoms with Crippen molar-refractivity contribution in [3.63, 3.8) is 0 Å². The van der Waals surface area contributed by atoms with Gasteiger partial charge in [-0.15, -0.1) is 0 Å². The summed E-state index contributed by atoms with van der Waals surface area (Å²) < 4.78 is 11.8. The van der Waals surface area contributed by atoms with Gasteiger partial charge in [0.1, 0.15) is 5.57 Å². The highest BCUT2D eigenvalue weighted by Crippen LogP contribution is 2.30. The zero-order valence-corrected chi connectivity index (χ0v) is 22.4. The van der Waals surface area contributed by atoms with E-state index in [9.17, 15) is 19.2 Å². The SMILES string of the molecule is COc1cc(/C=C2\C(=O)NC(=O)N(c3ccc(Br)cc3)C2=O)ccc1OCC(=O)Nc1ccc(C)c(C)c1. The van der Waals surface area contributed by atoms with E-state index in [1.165, 1.54) is 13.2 Å². The van der Waals surface area contributed by atoms with E-state index in [4.69, 9.17) is 9.47 Å². The highest BCUT2D eigenvalue weighted by atomic mass is 79.9. The first kappa shape index (κ1) is 26.6. The number of ether oxygens (including phenoxy) is 2. The molecule has 10 heteroatoms. The summed E-state index contributed by atoms with van der Waals surface area (Å²) in [7, 11) is 1.43. The number of aryl methyl sites for hydroxylation is 2. The van der Waals surface area contributed by atoms with E-state index in [0.717, 1.165) is 20.5 Å². The smallest absolute Gasteiger partial charge is 0.335 e. The highest BCUT2D eigenvalue weighted by Gasteiger charge is 2.36. The topological polar surface area (TPSA) is 114 Å².